The van der Waals surface area contributed by atoms with Gasteiger partial charge in [-0.2, -0.15) is 0 Å². The molecule has 0 radical (unpaired) electrons. The molecule has 2 rings (SSSR count). The van der Waals surface area contributed by atoms with Crippen molar-refractivity contribution in [3.63, 3.8) is 0 Å². The van der Waals surface area contributed by atoms with Crippen LogP contribution in [0.25, 0.3) is 0 Å². The highest BCUT2D eigenvalue weighted by molar-refractivity contribution is 7.91. The maximum absolute atomic E-state index is 11.5. The quantitative estimate of drug-likeness (QED) is 0.632. The number of nitrogens with zero attached hydrogens (tertiary/aromatic N) is 2. The summed E-state index contributed by atoms with van der Waals surface area (Å²) in [5, 5.41) is 9.51. The standard InChI is InChI=1S/C15H26N4O2S2/c1-5-16-14(19-11-6-7-23(20,21)10-11)17-8-12-9-22-13(18-12)15(2,3)4/h9,11H,5-8,10H2,1-4H3,(H2,16,17,19). The van der Waals surface area contributed by atoms with Crippen molar-refractivity contribution < 1.29 is 8.42 Å². The Kier molecular flexibility index (Phi) is 5.67. The first-order chi connectivity index (χ1) is 10.7. The molecule has 6 nitrogen and oxygen atoms in total. The van der Waals surface area contributed by atoms with E-state index in [2.05, 4.69) is 41.4 Å². The number of aliphatic imine (C=N–C) groups is 1. The summed E-state index contributed by atoms with van der Waals surface area (Å²) in [6.45, 7) is 9.64. The van der Waals surface area contributed by atoms with E-state index >= 15 is 0 Å². The number of rotatable bonds is 4. The van der Waals surface area contributed by atoms with Gasteiger partial charge in [0, 0.05) is 23.4 Å². The SMILES string of the molecule is CCNC(=NCc1csc(C(C)(C)C)n1)NC1CCS(=O)(=O)C1. The lowest BCUT2D eigenvalue weighted by Gasteiger charge is -2.15. The fourth-order valence-corrected chi connectivity index (χ4v) is 4.88. The predicted molar refractivity (Wildman–Crippen MR) is 95.8 cm³/mol. The van der Waals surface area contributed by atoms with Gasteiger partial charge < -0.3 is 10.6 Å². The Morgan fingerprint density at radius 2 is 2.22 bits per heavy atom. The van der Waals surface area contributed by atoms with E-state index in [1.54, 1.807) is 11.3 Å². The minimum absolute atomic E-state index is 0.0492. The van der Waals surface area contributed by atoms with Crippen LogP contribution in [0, 0.1) is 0 Å². The van der Waals surface area contributed by atoms with Crippen LogP contribution in [-0.4, -0.2) is 43.5 Å². The van der Waals surface area contributed by atoms with Gasteiger partial charge in [-0.25, -0.2) is 18.4 Å². The largest absolute Gasteiger partial charge is 0.357 e. The highest BCUT2D eigenvalue weighted by Crippen LogP contribution is 2.25. The zero-order chi connectivity index (χ0) is 17.1. The van der Waals surface area contributed by atoms with Gasteiger partial charge in [-0.05, 0) is 13.3 Å². The van der Waals surface area contributed by atoms with Crippen molar-refractivity contribution in [3.05, 3.63) is 16.1 Å². The molecule has 1 aliphatic rings. The molecule has 1 aromatic rings. The molecule has 8 heteroatoms. The van der Waals surface area contributed by atoms with Gasteiger partial charge in [0.25, 0.3) is 0 Å². The Hall–Kier alpha value is -1.15. The van der Waals surface area contributed by atoms with E-state index in [0.29, 0.717) is 18.9 Å². The summed E-state index contributed by atoms with van der Waals surface area (Å²) in [5.74, 6) is 1.09. The maximum Gasteiger partial charge on any atom is 0.191 e. The summed E-state index contributed by atoms with van der Waals surface area (Å²) in [5.41, 5.74) is 0.990. The van der Waals surface area contributed by atoms with Crippen LogP contribution in [0.2, 0.25) is 0 Å². The Balaban J connectivity index is 2.00. The third-order valence-corrected chi connectivity index (χ3v) is 6.59. The van der Waals surface area contributed by atoms with E-state index in [1.165, 1.54) is 0 Å². The molecule has 0 spiro atoms. The molecule has 0 saturated carbocycles. The van der Waals surface area contributed by atoms with Gasteiger partial charge in [0.05, 0.1) is 28.8 Å². The second-order valence-corrected chi connectivity index (χ2v) is 9.92. The van der Waals surface area contributed by atoms with Crippen molar-refractivity contribution in [1.29, 1.82) is 0 Å². The zero-order valence-corrected chi connectivity index (χ0v) is 15.9. The molecule has 1 atom stereocenters. The molecule has 0 amide bonds. The fourth-order valence-electron chi connectivity index (χ4n) is 2.31. The highest BCUT2D eigenvalue weighted by atomic mass is 32.2. The molecule has 1 unspecified atom stereocenters. The summed E-state index contributed by atoms with van der Waals surface area (Å²) in [6, 6.07) is -0.0571. The lowest BCUT2D eigenvalue weighted by Crippen LogP contribution is -2.44. The molecule has 0 aliphatic carbocycles. The minimum atomic E-state index is -2.89. The molecule has 1 aliphatic heterocycles. The molecule has 1 fully saturated rings. The first-order valence-electron chi connectivity index (χ1n) is 7.90. The van der Waals surface area contributed by atoms with Crippen LogP contribution >= 0.6 is 11.3 Å². The number of nitrogens with one attached hydrogen (secondary N) is 2. The third kappa shape index (κ3) is 5.46. The summed E-state index contributed by atoms with van der Waals surface area (Å²) in [7, 11) is -2.89. The Bertz CT molecular complexity index is 659. The molecular formula is C15H26N4O2S2. The molecule has 1 aromatic heterocycles. The second-order valence-electron chi connectivity index (χ2n) is 6.83. The van der Waals surface area contributed by atoms with Crippen molar-refractivity contribution in [3.8, 4) is 0 Å². The van der Waals surface area contributed by atoms with Gasteiger partial charge in [-0.1, -0.05) is 20.8 Å². The van der Waals surface area contributed by atoms with Gasteiger partial charge in [-0.15, -0.1) is 11.3 Å². The molecule has 23 heavy (non-hydrogen) atoms. The monoisotopic (exact) mass is 358 g/mol. The minimum Gasteiger partial charge on any atom is -0.357 e. The molecule has 0 aromatic carbocycles. The molecule has 2 heterocycles. The van der Waals surface area contributed by atoms with E-state index in [0.717, 1.165) is 17.2 Å². The van der Waals surface area contributed by atoms with E-state index in [9.17, 15) is 8.42 Å². The lowest BCUT2D eigenvalue weighted by molar-refractivity contribution is 0.583. The summed E-state index contributed by atoms with van der Waals surface area (Å²) in [6.07, 6.45) is 0.637. The highest BCUT2D eigenvalue weighted by Gasteiger charge is 2.28. The average Bonchev–Trinajstić information content (AvgIpc) is 3.02. The first kappa shape index (κ1) is 18.2. The lowest BCUT2D eigenvalue weighted by atomic mass is 9.98. The fraction of sp³-hybridized carbons (Fsp3) is 0.733. The number of hydrogen-bond donors (Lipinski definition) is 2. The van der Waals surface area contributed by atoms with Crippen molar-refractivity contribution in [2.24, 2.45) is 4.99 Å². The number of guanidine groups is 1. The van der Waals surface area contributed by atoms with Gasteiger partial charge in [-0.3, -0.25) is 0 Å². The predicted octanol–water partition coefficient (Wildman–Crippen LogP) is 1.68. The van der Waals surface area contributed by atoms with E-state index in [-0.39, 0.29) is 23.0 Å². The summed E-state index contributed by atoms with van der Waals surface area (Å²) in [4.78, 5) is 9.16. The second kappa shape index (κ2) is 7.17. The van der Waals surface area contributed by atoms with Gasteiger partial charge in [0.1, 0.15) is 0 Å². The van der Waals surface area contributed by atoms with Crippen LogP contribution < -0.4 is 10.6 Å². The molecule has 130 valence electrons. The van der Waals surface area contributed by atoms with Gasteiger partial charge in [0.15, 0.2) is 15.8 Å². The molecular weight excluding hydrogens is 332 g/mol. The topological polar surface area (TPSA) is 83.4 Å². The first-order valence-corrected chi connectivity index (χ1v) is 10.6. The van der Waals surface area contributed by atoms with Crippen LogP contribution in [0.5, 0.6) is 0 Å². The van der Waals surface area contributed by atoms with E-state index in [4.69, 9.17) is 0 Å². The Morgan fingerprint density at radius 1 is 1.48 bits per heavy atom. The number of hydrogen-bond acceptors (Lipinski definition) is 5. The van der Waals surface area contributed by atoms with Crippen LogP contribution in [0.15, 0.2) is 10.4 Å². The molecule has 1 saturated heterocycles. The van der Waals surface area contributed by atoms with E-state index in [1.807, 2.05) is 12.3 Å². The number of sulfone groups is 1. The number of aromatic nitrogens is 1. The zero-order valence-electron chi connectivity index (χ0n) is 14.2. The van der Waals surface area contributed by atoms with Crippen molar-refractivity contribution in [1.82, 2.24) is 15.6 Å². The van der Waals surface area contributed by atoms with Gasteiger partial charge in [0.2, 0.25) is 0 Å². The smallest absolute Gasteiger partial charge is 0.191 e. The molecule has 2 N–H and O–H groups in total. The van der Waals surface area contributed by atoms with Gasteiger partial charge >= 0.3 is 0 Å². The number of thiazole rings is 1. The average molecular weight is 359 g/mol. The Labute approximate surface area is 142 Å². The molecule has 0 bridgehead atoms. The maximum atomic E-state index is 11.5. The third-order valence-electron chi connectivity index (χ3n) is 3.51. The van der Waals surface area contributed by atoms with Crippen LogP contribution in [0.1, 0.15) is 44.8 Å². The van der Waals surface area contributed by atoms with Crippen LogP contribution in [-0.2, 0) is 21.8 Å². The van der Waals surface area contributed by atoms with Crippen molar-refractivity contribution in [2.75, 3.05) is 18.1 Å². The summed E-state index contributed by atoms with van der Waals surface area (Å²) >= 11 is 1.65. The van der Waals surface area contributed by atoms with Crippen molar-refractivity contribution >= 4 is 27.1 Å². The Morgan fingerprint density at radius 3 is 2.74 bits per heavy atom. The van der Waals surface area contributed by atoms with Crippen molar-refractivity contribution in [2.45, 2.75) is 52.1 Å². The normalized spacial score (nSPS) is 21.4. The van der Waals surface area contributed by atoms with Crippen LogP contribution in [0.4, 0.5) is 0 Å². The summed E-state index contributed by atoms with van der Waals surface area (Å²) < 4.78 is 23.1. The van der Waals surface area contributed by atoms with E-state index < -0.39 is 9.84 Å². The van der Waals surface area contributed by atoms with Crippen LogP contribution in [0.3, 0.4) is 0 Å².